The van der Waals surface area contributed by atoms with Crippen LogP contribution in [-0.4, -0.2) is 0 Å². The summed E-state index contributed by atoms with van der Waals surface area (Å²) >= 11 is 0. The summed E-state index contributed by atoms with van der Waals surface area (Å²) in [5, 5.41) is 6.68. The Labute approximate surface area is 639 Å². The maximum atomic E-state index is 6.72. The summed E-state index contributed by atoms with van der Waals surface area (Å²) in [7, 11) is 0. The van der Waals surface area contributed by atoms with E-state index < -0.39 is 0 Å². The molecule has 2 heterocycles. The van der Waals surface area contributed by atoms with Gasteiger partial charge in [-0.15, -0.1) is 0 Å². The highest BCUT2D eigenvalue weighted by Crippen LogP contribution is 2.47. The van der Waals surface area contributed by atoms with Crippen molar-refractivity contribution in [2.45, 2.75) is 0 Å². The van der Waals surface area contributed by atoms with Crippen LogP contribution >= 0.6 is 0 Å². The molecule has 0 radical (unpaired) electrons. The third-order valence-corrected chi connectivity index (χ3v) is 21.7. The lowest BCUT2D eigenvalue weighted by Gasteiger charge is -2.27. The summed E-state index contributed by atoms with van der Waals surface area (Å²) in [6.45, 7) is 0. The number of anilines is 6. The van der Waals surface area contributed by atoms with Crippen LogP contribution in [0.5, 0.6) is 0 Å². The zero-order chi connectivity index (χ0) is 72.9. The van der Waals surface area contributed by atoms with Gasteiger partial charge < -0.3 is 18.6 Å². The van der Waals surface area contributed by atoms with Crippen LogP contribution in [0.3, 0.4) is 0 Å². The second-order valence-electron chi connectivity index (χ2n) is 28.3. The Hall–Kier alpha value is -14.6. The zero-order valence-corrected chi connectivity index (χ0v) is 60.1. The van der Waals surface area contributed by atoms with Crippen molar-refractivity contribution in [1.82, 2.24) is 0 Å². The van der Waals surface area contributed by atoms with E-state index in [-0.39, 0.29) is 0 Å². The first-order valence-electron chi connectivity index (χ1n) is 37.6. The fourth-order valence-corrected chi connectivity index (χ4v) is 16.1. The number of hydrogen-bond donors (Lipinski definition) is 0. The molecule has 4 heteroatoms. The van der Waals surface area contributed by atoms with E-state index in [0.717, 1.165) is 156 Å². The van der Waals surface area contributed by atoms with Crippen molar-refractivity contribution in [3.05, 3.63) is 425 Å². The number of furan rings is 2. The van der Waals surface area contributed by atoms with Gasteiger partial charge in [-0.25, -0.2) is 0 Å². The molecule has 110 heavy (non-hydrogen) atoms. The molecule has 0 aliphatic rings. The first-order valence-corrected chi connectivity index (χ1v) is 37.6. The van der Waals surface area contributed by atoms with E-state index in [1.54, 1.807) is 0 Å². The number of fused-ring (bicyclic) bond motifs is 7. The Kier molecular flexibility index (Phi) is 16.6. The Morgan fingerprint density at radius 1 is 0.145 bits per heavy atom. The van der Waals surface area contributed by atoms with E-state index in [4.69, 9.17) is 8.83 Å². The number of nitrogens with zero attached hydrogens (tertiary/aromatic N) is 2. The molecule has 0 aliphatic heterocycles. The molecular formula is C106H70N2O2. The van der Waals surface area contributed by atoms with Gasteiger partial charge in [0.15, 0.2) is 0 Å². The molecule has 20 rings (SSSR count). The molecule has 0 bridgehead atoms. The van der Waals surface area contributed by atoms with Gasteiger partial charge in [-0.2, -0.15) is 0 Å². The second kappa shape index (κ2) is 28.0. The normalized spacial score (nSPS) is 11.5. The second-order valence-corrected chi connectivity index (χ2v) is 28.3. The van der Waals surface area contributed by atoms with Crippen LogP contribution in [0.25, 0.3) is 166 Å². The molecule has 18 aromatic carbocycles. The average Bonchev–Trinajstić information content (AvgIpc) is 1.44. The van der Waals surface area contributed by atoms with Gasteiger partial charge in [0.25, 0.3) is 0 Å². The van der Waals surface area contributed by atoms with Gasteiger partial charge in [-0.05, 0) is 244 Å². The SMILES string of the molecule is c1ccc(-c2ccc(N(c3ccc(-c4ccccc4)cc3)c3ccc(-c4ccc(-c5cccc(-c6ccc7oc8ccc(-c9cc(-c%10ccc(N(c%11ccc(-c%12ccccc%12)cc%11)c%11cccc%12ccccc%11%12)cc%10)ccc9-c9ccccc9)cc8c7c6)c5)c(-c5ccc6oc7ccccc7c6c5)c4)cc3)cc2)cc1. The summed E-state index contributed by atoms with van der Waals surface area (Å²) < 4.78 is 13.2. The first-order chi connectivity index (χ1) is 54.5. The molecule has 2 aromatic heterocycles. The van der Waals surface area contributed by atoms with Gasteiger partial charge >= 0.3 is 0 Å². The van der Waals surface area contributed by atoms with Crippen LogP contribution in [0, 0.1) is 0 Å². The fourth-order valence-electron chi connectivity index (χ4n) is 16.1. The topological polar surface area (TPSA) is 32.8 Å². The highest BCUT2D eigenvalue weighted by molar-refractivity contribution is 6.10. The molecule has 0 fully saturated rings. The number of hydrogen-bond acceptors (Lipinski definition) is 4. The molecule has 20 aromatic rings. The van der Waals surface area contributed by atoms with Crippen LogP contribution in [0.1, 0.15) is 0 Å². The number of para-hydroxylation sites is 1. The van der Waals surface area contributed by atoms with Gasteiger partial charge in [0.2, 0.25) is 0 Å². The maximum absolute atomic E-state index is 6.72. The highest BCUT2D eigenvalue weighted by Gasteiger charge is 2.22. The summed E-state index contributed by atoms with van der Waals surface area (Å²) in [5.74, 6) is 0. The van der Waals surface area contributed by atoms with E-state index in [2.05, 4.69) is 428 Å². The molecule has 0 spiro atoms. The minimum absolute atomic E-state index is 0.842. The summed E-state index contributed by atoms with van der Waals surface area (Å²) in [5.41, 5.74) is 32.7. The monoisotopic (exact) mass is 1400 g/mol. The van der Waals surface area contributed by atoms with Crippen LogP contribution in [0.15, 0.2) is 433 Å². The fraction of sp³-hybridized carbons (Fsp3) is 0. The summed E-state index contributed by atoms with van der Waals surface area (Å²) in [6, 6.07) is 154. The Balaban J connectivity index is 0.644. The van der Waals surface area contributed by atoms with E-state index in [0.29, 0.717) is 0 Å². The third-order valence-electron chi connectivity index (χ3n) is 21.7. The molecule has 0 saturated carbocycles. The van der Waals surface area contributed by atoms with Gasteiger partial charge in [0, 0.05) is 55.4 Å². The van der Waals surface area contributed by atoms with E-state index in [9.17, 15) is 0 Å². The molecule has 0 amide bonds. The first kappa shape index (κ1) is 65.0. The number of rotatable bonds is 16. The van der Waals surface area contributed by atoms with E-state index >= 15 is 0 Å². The number of benzene rings is 18. The molecule has 0 aliphatic carbocycles. The van der Waals surface area contributed by atoms with Crippen LogP contribution < -0.4 is 9.80 Å². The highest BCUT2D eigenvalue weighted by atomic mass is 16.3. The summed E-state index contributed by atoms with van der Waals surface area (Å²) in [4.78, 5) is 4.73. The minimum Gasteiger partial charge on any atom is -0.456 e. The molecule has 4 nitrogen and oxygen atoms in total. The van der Waals surface area contributed by atoms with Crippen LogP contribution in [0.4, 0.5) is 34.1 Å². The van der Waals surface area contributed by atoms with Crippen molar-refractivity contribution >= 4 is 88.8 Å². The Morgan fingerprint density at radius 2 is 0.427 bits per heavy atom. The Morgan fingerprint density at radius 3 is 0.909 bits per heavy atom. The predicted molar refractivity (Wildman–Crippen MR) is 462 cm³/mol. The van der Waals surface area contributed by atoms with Gasteiger partial charge in [-0.1, -0.05) is 297 Å². The quantitative estimate of drug-likeness (QED) is 0.0965. The van der Waals surface area contributed by atoms with Gasteiger partial charge in [0.1, 0.15) is 22.3 Å². The standard InChI is InChI=1S/C106H70N2O2/c1-5-19-71(20-6-1)74-35-50-88(51-36-74)107(89-52-37-75(38-53-89)72-21-7-2-8-22-72)90-54-41-77(42-55-90)83-46-61-94(98(67-83)86-48-63-104-99(69-86)96-32-15-16-34-103(96)109-104)85-30-17-29-81(65-85)84-47-62-105-100(68-84)101-70-87(49-64-106(101)110-105)97-66-82(45-60-93(97)79-25-11-4-12-26-79)78-43-58-92(59-44-78)108(102-33-18-28-80-27-13-14-31-95(80)102)91-56-39-76(40-57-91)73-23-9-3-10-24-73/h1-70H. The predicted octanol–water partition coefficient (Wildman–Crippen LogP) is 30.2. The molecule has 0 unspecified atom stereocenters. The van der Waals surface area contributed by atoms with Crippen molar-refractivity contribution in [2.24, 2.45) is 0 Å². The van der Waals surface area contributed by atoms with Crippen molar-refractivity contribution in [1.29, 1.82) is 0 Å². The lowest BCUT2D eigenvalue weighted by Crippen LogP contribution is -2.10. The lowest BCUT2D eigenvalue weighted by molar-refractivity contribution is 0.668. The molecular weight excluding hydrogens is 1330 g/mol. The Bertz CT molecular complexity index is 6680. The zero-order valence-electron chi connectivity index (χ0n) is 60.1. The van der Waals surface area contributed by atoms with Gasteiger partial charge in [0.05, 0.1) is 5.69 Å². The van der Waals surface area contributed by atoms with Gasteiger partial charge in [-0.3, -0.25) is 0 Å². The largest absolute Gasteiger partial charge is 0.456 e. The minimum atomic E-state index is 0.842. The van der Waals surface area contributed by atoms with E-state index in [1.807, 2.05) is 6.07 Å². The maximum Gasteiger partial charge on any atom is 0.135 e. The van der Waals surface area contributed by atoms with Crippen molar-refractivity contribution in [3.63, 3.8) is 0 Å². The lowest BCUT2D eigenvalue weighted by atomic mass is 9.89. The van der Waals surface area contributed by atoms with E-state index in [1.165, 1.54) is 44.2 Å². The molecule has 516 valence electrons. The molecule has 0 N–H and O–H groups in total. The van der Waals surface area contributed by atoms with Crippen LogP contribution in [-0.2, 0) is 0 Å². The molecule has 0 saturated heterocycles. The summed E-state index contributed by atoms with van der Waals surface area (Å²) in [6.07, 6.45) is 0. The van der Waals surface area contributed by atoms with Crippen molar-refractivity contribution in [3.8, 4) is 111 Å². The molecule has 0 atom stereocenters. The van der Waals surface area contributed by atoms with Crippen molar-refractivity contribution in [2.75, 3.05) is 9.80 Å². The van der Waals surface area contributed by atoms with Crippen molar-refractivity contribution < 1.29 is 8.83 Å². The third kappa shape index (κ3) is 12.3. The smallest absolute Gasteiger partial charge is 0.135 e. The van der Waals surface area contributed by atoms with Crippen LogP contribution in [0.2, 0.25) is 0 Å². The average molecular weight is 1400 g/mol.